The van der Waals surface area contributed by atoms with E-state index in [1.165, 1.54) is 38.5 Å². The van der Waals surface area contributed by atoms with Crippen molar-refractivity contribution in [2.45, 2.75) is 83.0 Å². The molecule has 0 aliphatic heterocycles. The SMILES string of the molecule is C=C/C=c1/oc(CCC2CC2)c/c1=C(/C)CC(OCOC)(C(C)=O)C(C)CSC1CCC1. The van der Waals surface area contributed by atoms with Gasteiger partial charge in [0, 0.05) is 36.3 Å². The summed E-state index contributed by atoms with van der Waals surface area (Å²) in [4.78, 5) is 13.1. The van der Waals surface area contributed by atoms with E-state index in [1.54, 1.807) is 20.1 Å². The van der Waals surface area contributed by atoms with Gasteiger partial charge in [-0.3, -0.25) is 4.79 Å². The summed E-state index contributed by atoms with van der Waals surface area (Å²) >= 11 is 1.98. The highest BCUT2D eigenvalue weighted by molar-refractivity contribution is 7.99. The molecule has 0 amide bonds. The highest BCUT2D eigenvalue weighted by atomic mass is 32.2. The second-order valence-corrected chi connectivity index (χ2v) is 10.9. The number of thioether (sulfide) groups is 1. The van der Waals surface area contributed by atoms with Crippen molar-refractivity contribution < 1.29 is 18.7 Å². The predicted molar refractivity (Wildman–Crippen MR) is 133 cm³/mol. The molecule has 1 aromatic heterocycles. The Morgan fingerprint density at radius 1 is 1.34 bits per heavy atom. The van der Waals surface area contributed by atoms with Crippen molar-refractivity contribution in [3.63, 3.8) is 0 Å². The molecule has 1 heterocycles. The molecule has 2 aliphatic carbocycles. The molecule has 2 atom stereocenters. The van der Waals surface area contributed by atoms with Crippen molar-refractivity contribution in [2.75, 3.05) is 19.7 Å². The van der Waals surface area contributed by atoms with E-state index in [1.807, 2.05) is 17.8 Å². The van der Waals surface area contributed by atoms with Gasteiger partial charge < -0.3 is 13.9 Å². The zero-order chi connectivity index (χ0) is 23.1. The fraction of sp³-hybridized carbons (Fsp3) is 0.667. The van der Waals surface area contributed by atoms with Crippen LogP contribution < -0.4 is 10.6 Å². The number of hydrogen-bond donors (Lipinski definition) is 0. The normalized spacial score (nSPS) is 21.1. The molecule has 4 nitrogen and oxygen atoms in total. The number of hydrogen-bond acceptors (Lipinski definition) is 5. The number of rotatable bonds is 14. The summed E-state index contributed by atoms with van der Waals surface area (Å²) in [5.41, 5.74) is 1.02. The number of allylic oxidation sites excluding steroid dienone is 1. The minimum atomic E-state index is -0.909. The van der Waals surface area contributed by atoms with Gasteiger partial charge in [0.05, 0.1) is 0 Å². The largest absolute Gasteiger partial charge is 0.461 e. The summed E-state index contributed by atoms with van der Waals surface area (Å²) in [7, 11) is 1.61. The smallest absolute Gasteiger partial charge is 0.162 e. The van der Waals surface area contributed by atoms with E-state index in [0.29, 0.717) is 6.42 Å². The lowest BCUT2D eigenvalue weighted by atomic mass is 9.80. The molecule has 2 aliphatic rings. The average molecular weight is 461 g/mol. The van der Waals surface area contributed by atoms with E-state index >= 15 is 0 Å². The first-order valence-electron chi connectivity index (χ1n) is 12.1. The van der Waals surface area contributed by atoms with Gasteiger partial charge in [-0.1, -0.05) is 44.4 Å². The standard InChI is InChI=1S/C27H40O4S/c1-6-8-26-25(15-23(31-26)14-13-22-11-12-22)19(2)16-27(21(4)28,30-18-29-5)20(3)17-32-24-9-7-10-24/h6,8,15,20,22,24H,1,7,9-14,16-18H2,2-5H3/b25-19+,26-8+. The first-order chi connectivity index (χ1) is 15.4. The first-order valence-corrected chi connectivity index (χ1v) is 13.1. The zero-order valence-corrected chi connectivity index (χ0v) is 21.1. The maximum absolute atomic E-state index is 13.1. The van der Waals surface area contributed by atoms with E-state index in [0.717, 1.165) is 45.3 Å². The lowest BCUT2D eigenvalue weighted by molar-refractivity contribution is -0.169. The van der Waals surface area contributed by atoms with Crippen molar-refractivity contribution in [3.8, 4) is 0 Å². The number of furan rings is 1. The summed E-state index contributed by atoms with van der Waals surface area (Å²) in [5, 5.41) is 1.78. The summed E-state index contributed by atoms with van der Waals surface area (Å²) < 4.78 is 17.6. The molecule has 5 heteroatoms. The van der Waals surface area contributed by atoms with Gasteiger partial charge in [-0.05, 0) is 56.9 Å². The van der Waals surface area contributed by atoms with Crippen LogP contribution in [-0.2, 0) is 20.7 Å². The van der Waals surface area contributed by atoms with Crippen LogP contribution in [0.3, 0.4) is 0 Å². The molecule has 2 unspecified atom stereocenters. The molecular weight excluding hydrogens is 420 g/mol. The Bertz CT molecular complexity index is 893. The van der Waals surface area contributed by atoms with Gasteiger partial charge in [0.1, 0.15) is 23.6 Å². The Kier molecular flexibility index (Phi) is 9.27. The third kappa shape index (κ3) is 6.39. The number of Topliss-reactive ketones (excluding diaryl/α,β-unsaturated/α-hetero) is 1. The molecule has 0 saturated heterocycles. The number of ether oxygens (including phenoxy) is 2. The molecule has 0 bridgehead atoms. The van der Waals surface area contributed by atoms with Crippen LogP contribution in [0.15, 0.2) is 23.1 Å². The van der Waals surface area contributed by atoms with Gasteiger partial charge in [0.25, 0.3) is 0 Å². The maximum atomic E-state index is 13.1. The van der Waals surface area contributed by atoms with Crippen LogP contribution in [0.2, 0.25) is 0 Å². The van der Waals surface area contributed by atoms with Gasteiger partial charge in [0.2, 0.25) is 0 Å². The zero-order valence-electron chi connectivity index (χ0n) is 20.3. The summed E-state index contributed by atoms with van der Waals surface area (Å²) in [5.74, 6) is 2.91. The van der Waals surface area contributed by atoms with E-state index in [-0.39, 0.29) is 18.5 Å². The Balaban J connectivity index is 1.90. The second-order valence-electron chi connectivity index (χ2n) is 9.62. The van der Waals surface area contributed by atoms with Gasteiger partial charge in [0.15, 0.2) is 5.78 Å². The number of methoxy groups -OCH3 is 1. The quantitative estimate of drug-likeness (QED) is 0.365. The minimum absolute atomic E-state index is 0.0577. The van der Waals surface area contributed by atoms with Crippen molar-refractivity contribution in [2.24, 2.45) is 11.8 Å². The van der Waals surface area contributed by atoms with Crippen LogP contribution in [0.5, 0.6) is 0 Å². The molecule has 1 aromatic rings. The van der Waals surface area contributed by atoms with E-state index in [4.69, 9.17) is 13.9 Å². The molecule has 0 spiro atoms. The summed E-state index contributed by atoms with van der Waals surface area (Å²) in [6, 6.07) is 2.15. The van der Waals surface area contributed by atoms with Crippen LogP contribution in [0.25, 0.3) is 11.6 Å². The minimum Gasteiger partial charge on any atom is -0.461 e. The Labute approximate surface area is 197 Å². The van der Waals surface area contributed by atoms with Crippen LogP contribution in [0, 0.1) is 11.8 Å². The van der Waals surface area contributed by atoms with Crippen LogP contribution in [-0.4, -0.2) is 36.3 Å². The Hall–Kier alpha value is -1.30. The second kappa shape index (κ2) is 11.7. The highest BCUT2D eigenvalue weighted by Crippen LogP contribution is 2.38. The molecule has 32 heavy (non-hydrogen) atoms. The highest BCUT2D eigenvalue weighted by Gasteiger charge is 2.43. The van der Waals surface area contributed by atoms with Crippen molar-refractivity contribution >= 4 is 29.2 Å². The monoisotopic (exact) mass is 460 g/mol. The van der Waals surface area contributed by atoms with Crippen LogP contribution >= 0.6 is 11.8 Å². The van der Waals surface area contributed by atoms with E-state index in [2.05, 4.69) is 26.5 Å². The van der Waals surface area contributed by atoms with Crippen molar-refractivity contribution in [1.82, 2.24) is 0 Å². The van der Waals surface area contributed by atoms with Crippen molar-refractivity contribution in [1.29, 1.82) is 0 Å². The van der Waals surface area contributed by atoms with Crippen molar-refractivity contribution in [3.05, 3.63) is 35.1 Å². The molecule has 2 fully saturated rings. The topological polar surface area (TPSA) is 48.7 Å². The number of carbonyl (C=O) groups excluding carboxylic acids is 1. The fourth-order valence-electron chi connectivity index (χ4n) is 4.44. The van der Waals surface area contributed by atoms with Gasteiger partial charge >= 0.3 is 0 Å². The lowest BCUT2D eigenvalue weighted by Gasteiger charge is -2.38. The summed E-state index contributed by atoms with van der Waals surface area (Å²) in [6.07, 6.45) is 12.9. The maximum Gasteiger partial charge on any atom is 0.162 e. The Morgan fingerprint density at radius 3 is 2.66 bits per heavy atom. The molecule has 2 saturated carbocycles. The van der Waals surface area contributed by atoms with Crippen LogP contribution in [0.4, 0.5) is 0 Å². The molecule has 0 radical (unpaired) electrons. The molecule has 178 valence electrons. The molecular formula is C27H40O4S. The van der Waals surface area contributed by atoms with E-state index < -0.39 is 5.60 Å². The predicted octanol–water partition coefficient (Wildman–Crippen LogP) is 5.02. The number of carbonyl (C=O) groups is 1. The number of aryl methyl sites for hydroxylation is 1. The lowest BCUT2D eigenvalue weighted by Crippen LogP contribution is -2.48. The average Bonchev–Trinajstić information content (AvgIpc) is 3.47. The van der Waals surface area contributed by atoms with Gasteiger partial charge in [-0.15, -0.1) is 0 Å². The fourth-order valence-corrected chi connectivity index (χ4v) is 5.94. The summed E-state index contributed by atoms with van der Waals surface area (Å²) in [6.45, 7) is 9.85. The van der Waals surface area contributed by atoms with Gasteiger partial charge in [-0.25, -0.2) is 0 Å². The Morgan fingerprint density at radius 2 is 2.09 bits per heavy atom. The van der Waals surface area contributed by atoms with Gasteiger partial charge in [-0.2, -0.15) is 11.8 Å². The van der Waals surface area contributed by atoms with Crippen LogP contribution in [0.1, 0.15) is 71.5 Å². The third-order valence-electron chi connectivity index (χ3n) is 7.02. The number of ketones is 1. The molecule has 0 N–H and O–H groups in total. The first kappa shape index (κ1) is 25.3. The van der Waals surface area contributed by atoms with E-state index in [9.17, 15) is 4.79 Å². The third-order valence-corrected chi connectivity index (χ3v) is 8.66. The molecule has 0 aromatic carbocycles. The molecule has 3 rings (SSSR count).